The number of aromatic nitrogens is 2. The van der Waals surface area contributed by atoms with Gasteiger partial charge in [0.15, 0.2) is 5.82 Å². The summed E-state index contributed by atoms with van der Waals surface area (Å²) in [4.78, 5) is 10.7. The van der Waals surface area contributed by atoms with Crippen LogP contribution in [0, 0.1) is 0 Å². The fourth-order valence-electron chi connectivity index (χ4n) is 11.1. The summed E-state index contributed by atoms with van der Waals surface area (Å²) in [5.74, 6) is 0.690. The SMILES string of the molecule is c1ccc(-c2ccc(-c3nc(-c4cccc5ccccc45)cc(-c4ccc(-c5cccc(-c6cccc7c6C(c6ccccc6)(c6ccccc6)c6ccccc6-7)c5)c5ccccc45)n3)cc2)cc1. The molecule has 0 bridgehead atoms. The third-order valence-electron chi connectivity index (χ3n) is 14.2. The van der Waals surface area contributed by atoms with Gasteiger partial charge in [0.25, 0.3) is 0 Å². The minimum absolute atomic E-state index is 0.513. The monoisotopic (exact) mass is 876 g/mol. The minimum Gasteiger partial charge on any atom is -0.228 e. The van der Waals surface area contributed by atoms with Crippen LogP contribution >= 0.6 is 0 Å². The summed E-state index contributed by atoms with van der Waals surface area (Å²) in [6.45, 7) is 0. The summed E-state index contributed by atoms with van der Waals surface area (Å²) in [6, 6.07) is 96.8. The molecular formula is C67H44N2. The number of benzene rings is 11. The lowest BCUT2D eigenvalue weighted by molar-refractivity contribution is 0.770. The molecule has 322 valence electrons. The fourth-order valence-corrected chi connectivity index (χ4v) is 11.1. The van der Waals surface area contributed by atoms with Crippen molar-refractivity contribution < 1.29 is 0 Å². The largest absolute Gasteiger partial charge is 0.228 e. The van der Waals surface area contributed by atoms with Crippen LogP contribution in [0.1, 0.15) is 22.3 Å². The number of rotatable bonds is 8. The molecule has 0 saturated carbocycles. The Morgan fingerprint density at radius 3 is 1.43 bits per heavy atom. The Balaban J connectivity index is 0.969. The van der Waals surface area contributed by atoms with Crippen molar-refractivity contribution in [2.75, 3.05) is 0 Å². The first-order valence-electron chi connectivity index (χ1n) is 23.7. The van der Waals surface area contributed by atoms with E-state index >= 15 is 0 Å². The summed E-state index contributed by atoms with van der Waals surface area (Å²) in [5.41, 5.74) is 19.1. The fraction of sp³-hybridized carbons (Fsp3) is 0.0149. The molecule has 2 nitrogen and oxygen atoms in total. The van der Waals surface area contributed by atoms with Crippen molar-refractivity contribution in [2.24, 2.45) is 0 Å². The Labute approximate surface area is 402 Å². The second-order valence-corrected chi connectivity index (χ2v) is 18.0. The maximum absolute atomic E-state index is 5.39. The highest BCUT2D eigenvalue weighted by Crippen LogP contribution is 2.58. The molecule has 0 saturated heterocycles. The van der Waals surface area contributed by atoms with E-state index in [1.165, 1.54) is 66.4 Å². The quantitative estimate of drug-likeness (QED) is 0.152. The predicted molar refractivity (Wildman–Crippen MR) is 287 cm³/mol. The van der Waals surface area contributed by atoms with Gasteiger partial charge in [0, 0.05) is 16.7 Å². The van der Waals surface area contributed by atoms with Gasteiger partial charge in [-0.25, -0.2) is 9.97 Å². The molecule has 1 aliphatic rings. The molecule has 11 aromatic carbocycles. The van der Waals surface area contributed by atoms with Gasteiger partial charge in [0.05, 0.1) is 16.8 Å². The molecular weight excluding hydrogens is 833 g/mol. The third-order valence-corrected chi connectivity index (χ3v) is 14.2. The normalized spacial score (nSPS) is 12.5. The van der Waals surface area contributed by atoms with E-state index in [0.29, 0.717) is 5.82 Å². The molecule has 0 fully saturated rings. The first-order valence-corrected chi connectivity index (χ1v) is 23.7. The van der Waals surface area contributed by atoms with Crippen molar-refractivity contribution in [2.45, 2.75) is 5.41 Å². The molecule has 12 aromatic rings. The molecule has 69 heavy (non-hydrogen) atoms. The lowest BCUT2D eigenvalue weighted by Crippen LogP contribution is -2.29. The average molecular weight is 877 g/mol. The van der Waals surface area contributed by atoms with Gasteiger partial charge < -0.3 is 0 Å². The van der Waals surface area contributed by atoms with Gasteiger partial charge in [-0.05, 0) is 100 Å². The van der Waals surface area contributed by atoms with Gasteiger partial charge in [-0.15, -0.1) is 0 Å². The first kappa shape index (κ1) is 40.3. The Morgan fingerprint density at radius 2 is 0.710 bits per heavy atom. The number of hydrogen-bond acceptors (Lipinski definition) is 2. The van der Waals surface area contributed by atoms with Crippen molar-refractivity contribution in [3.63, 3.8) is 0 Å². The molecule has 0 N–H and O–H groups in total. The van der Waals surface area contributed by atoms with Gasteiger partial charge in [0.2, 0.25) is 0 Å². The third kappa shape index (κ3) is 6.72. The van der Waals surface area contributed by atoms with E-state index < -0.39 is 5.41 Å². The second-order valence-electron chi connectivity index (χ2n) is 18.0. The Bertz CT molecular complexity index is 3830. The van der Waals surface area contributed by atoms with Crippen LogP contribution in [0.2, 0.25) is 0 Å². The lowest BCUT2D eigenvalue weighted by Gasteiger charge is -2.35. The number of fused-ring (bicyclic) bond motifs is 5. The topological polar surface area (TPSA) is 25.8 Å². The van der Waals surface area contributed by atoms with Crippen molar-refractivity contribution in [3.8, 4) is 78.4 Å². The average Bonchev–Trinajstić information content (AvgIpc) is 3.74. The number of nitrogens with zero attached hydrogens (tertiary/aromatic N) is 2. The molecule has 0 amide bonds. The zero-order valence-corrected chi connectivity index (χ0v) is 37.8. The van der Waals surface area contributed by atoms with E-state index in [9.17, 15) is 0 Å². The molecule has 1 heterocycles. The minimum atomic E-state index is -0.513. The summed E-state index contributed by atoms with van der Waals surface area (Å²) >= 11 is 0. The summed E-state index contributed by atoms with van der Waals surface area (Å²) < 4.78 is 0. The lowest BCUT2D eigenvalue weighted by atomic mass is 9.66. The number of hydrogen-bond donors (Lipinski definition) is 0. The second kappa shape index (κ2) is 16.7. The molecule has 1 aromatic heterocycles. The van der Waals surface area contributed by atoms with E-state index in [4.69, 9.17) is 9.97 Å². The van der Waals surface area contributed by atoms with Crippen LogP contribution < -0.4 is 0 Å². The van der Waals surface area contributed by atoms with Crippen LogP contribution in [0.5, 0.6) is 0 Å². The first-order chi connectivity index (χ1) is 34.2. The zero-order chi connectivity index (χ0) is 45.7. The predicted octanol–water partition coefficient (Wildman–Crippen LogP) is 17.1. The van der Waals surface area contributed by atoms with Crippen LogP contribution in [0.3, 0.4) is 0 Å². The molecule has 13 rings (SSSR count). The van der Waals surface area contributed by atoms with Crippen LogP contribution in [-0.4, -0.2) is 9.97 Å². The van der Waals surface area contributed by atoms with Gasteiger partial charge in [-0.2, -0.15) is 0 Å². The smallest absolute Gasteiger partial charge is 0.160 e. The molecule has 2 heteroatoms. The van der Waals surface area contributed by atoms with E-state index in [1.807, 2.05) is 0 Å². The van der Waals surface area contributed by atoms with E-state index in [1.54, 1.807) is 0 Å². The molecule has 0 spiro atoms. The standard InChI is InChI=1S/C67H44N2/c1-4-19-45(20-5-1)46-37-39-48(40-38-46)66-68-63(59-34-17-22-47-21-10-11-29-53(47)59)44-64(69-66)60-42-41-54(56-30-12-13-31-57(56)60)49-23-16-24-50(43-49)55-33-18-35-61-58-32-14-15-36-62(58)67(65(55)61,51-25-6-2-7-26-51)52-27-8-3-9-28-52/h1-44H. The van der Waals surface area contributed by atoms with E-state index in [2.05, 4.69) is 267 Å². The Morgan fingerprint density at radius 1 is 0.261 bits per heavy atom. The van der Waals surface area contributed by atoms with Crippen molar-refractivity contribution >= 4 is 21.5 Å². The van der Waals surface area contributed by atoms with Gasteiger partial charge in [0.1, 0.15) is 0 Å². The van der Waals surface area contributed by atoms with Gasteiger partial charge >= 0.3 is 0 Å². The van der Waals surface area contributed by atoms with E-state index in [0.717, 1.165) is 50.0 Å². The van der Waals surface area contributed by atoms with E-state index in [-0.39, 0.29) is 0 Å². The molecule has 0 unspecified atom stereocenters. The van der Waals surface area contributed by atoms with Crippen molar-refractivity contribution in [1.82, 2.24) is 9.97 Å². The maximum atomic E-state index is 5.39. The van der Waals surface area contributed by atoms with Crippen LogP contribution in [0.25, 0.3) is 100.0 Å². The van der Waals surface area contributed by atoms with Crippen molar-refractivity contribution in [1.29, 1.82) is 0 Å². The highest BCUT2D eigenvalue weighted by molar-refractivity contribution is 6.06. The summed E-state index contributed by atoms with van der Waals surface area (Å²) in [6.07, 6.45) is 0. The Kier molecular flexibility index (Phi) is 9.77. The molecule has 0 atom stereocenters. The van der Waals surface area contributed by atoms with Gasteiger partial charge in [-0.1, -0.05) is 255 Å². The Hall–Kier alpha value is -8.98. The highest BCUT2D eigenvalue weighted by atomic mass is 14.9. The van der Waals surface area contributed by atoms with Crippen molar-refractivity contribution in [3.05, 3.63) is 289 Å². The van der Waals surface area contributed by atoms with Crippen LogP contribution in [-0.2, 0) is 5.41 Å². The summed E-state index contributed by atoms with van der Waals surface area (Å²) in [5, 5.41) is 4.64. The van der Waals surface area contributed by atoms with Gasteiger partial charge in [-0.3, -0.25) is 0 Å². The molecule has 0 aliphatic heterocycles. The molecule has 0 radical (unpaired) electrons. The van der Waals surface area contributed by atoms with Crippen LogP contribution in [0.15, 0.2) is 267 Å². The van der Waals surface area contributed by atoms with Crippen LogP contribution in [0.4, 0.5) is 0 Å². The maximum Gasteiger partial charge on any atom is 0.160 e. The zero-order valence-electron chi connectivity index (χ0n) is 37.8. The summed E-state index contributed by atoms with van der Waals surface area (Å²) in [7, 11) is 0. The highest BCUT2D eigenvalue weighted by Gasteiger charge is 2.47. The molecule has 1 aliphatic carbocycles.